The van der Waals surface area contributed by atoms with Gasteiger partial charge in [-0.2, -0.15) is 0 Å². The second-order valence-corrected chi connectivity index (χ2v) is 4.99. The minimum Gasteiger partial charge on any atom is -0.366 e. The molecule has 24 heavy (non-hydrogen) atoms. The van der Waals surface area contributed by atoms with Crippen LogP contribution in [-0.2, 0) is 9.59 Å². The summed E-state index contributed by atoms with van der Waals surface area (Å²) in [7, 11) is 0. The first-order valence-electron chi connectivity index (χ1n) is 7.00. The number of benzene rings is 2. The molecule has 0 aliphatic carbocycles. The molecule has 0 aliphatic heterocycles. The summed E-state index contributed by atoms with van der Waals surface area (Å²) in [4.78, 5) is 46.0. The lowest BCUT2D eigenvalue weighted by Crippen LogP contribution is -2.29. The number of anilines is 2. The lowest BCUT2D eigenvalue weighted by atomic mass is 10.1. The Kier molecular flexibility index (Phi) is 5.06. The van der Waals surface area contributed by atoms with Gasteiger partial charge in [0.25, 0.3) is 0 Å². The predicted octanol–water partition coefficient (Wildman–Crippen LogP) is 1.57. The average molecular weight is 325 g/mol. The summed E-state index contributed by atoms with van der Waals surface area (Å²) in [6, 6.07) is 12.1. The molecule has 2 rings (SSSR count). The fourth-order valence-corrected chi connectivity index (χ4v) is 1.91. The molecule has 2 aromatic rings. The van der Waals surface area contributed by atoms with Crippen LogP contribution in [0.15, 0.2) is 48.5 Å². The third-order valence-corrected chi connectivity index (χ3v) is 3.16. The monoisotopic (exact) mass is 325 g/mol. The molecule has 7 nitrogen and oxygen atoms in total. The molecule has 0 saturated carbocycles. The van der Waals surface area contributed by atoms with Gasteiger partial charge in [0.2, 0.25) is 5.91 Å². The van der Waals surface area contributed by atoms with Gasteiger partial charge >= 0.3 is 11.8 Å². The van der Waals surface area contributed by atoms with Crippen molar-refractivity contribution in [1.82, 2.24) is 0 Å². The summed E-state index contributed by atoms with van der Waals surface area (Å²) in [6.45, 7) is 1.41. The van der Waals surface area contributed by atoms with Gasteiger partial charge in [-0.05, 0) is 43.3 Å². The molecule has 0 atom stereocenters. The molecule has 4 N–H and O–H groups in total. The molecule has 0 bridgehead atoms. The van der Waals surface area contributed by atoms with Crippen molar-refractivity contribution in [3.63, 3.8) is 0 Å². The quantitative estimate of drug-likeness (QED) is 0.584. The van der Waals surface area contributed by atoms with E-state index in [0.29, 0.717) is 22.5 Å². The number of nitrogens with one attached hydrogen (secondary N) is 2. The molecule has 3 amide bonds. The van der Waals surface area contributed by atoms with Crippen LogP contribution in [0.4, 0.5) is 11.4 Å². The van der Waals surface area contributed by atoms with E-state index in [0.717, 1.165) is 0 Å². The Balaban J connectivity index is 2.02. The van der Waals surface area contributed by atoms with Crippen LogP contribution >= 0.6 is 0 Å². The lowest BCUT2D eigenvalue weighted by Gasteiger charge is -2.07. The topological polar surface area (TPSA) is 118 Å². The zero-order valence-corrected chi connectivity index (χ0v) is 12.8. The molecular weight excluding hydrogens is 310 g/mol. The summed E-state index contributed by atoms with van der Waals surface area (Å²) >= 11 is 0. The Morgan fingerprint density at radius 2 is 1.38 bits per heavy atom. The van der Waals surface area contributed by atoms with Crippen LogP contribution in [0.1, 0.15) is 27.6 Å². The largest absolute Gasteiger partial charge is 0.366 e. The van der Waals surface area contributed by atoms with E-state index in [1.54, 1.807) is 18.2 Å². The first-order valence-corrected chi connectivity index (χ1v) is 7.00. The Bertz CT molecular complexity index is 813. The molecule has 0 saturated heterocycles. The number of hydrogen-bond donors (Lipinski definition) is 3. The standard InChI is InChI=1S/C17H15N3O4/c1-10(21)12-3-2-4-14(9-12)20-17(24)16(23)19-13-7-5-11(6-8-13)15(18)22/h2-9H,1H3,(H2,18,22)(H,19,23)(H,20,24). The van der Waals surface area contributed by atoms with E-state index in [2.05, 4.69) is 10.6 Å². The van der Waals surface area contributed by atoms with Crippen molar-refractivity contribution < 1.29 is 19.2 Å². The second kappa shape index (κ2) is 7.19. The van der Waals surface area contributed by atoms with Gasteiger partial charge in [-0.25, -0.2) is 0 Å². The first-order chi connectivity index (χ1) is 11.4. The summed E-state index contributed by atoms with van der Waals surface area (Å²) in [5.74, 6) is -2.49. The number of ketones is 1. The van der Waals surface area contributed by atoms with Crippen molar-refractivity contribution in [1.29, 1.82) is 0 Å². The number of nitrogens with two attached hydrogens (primary N) is 1. The van der Waals surface area contributed by atoms with E-state index in [9.17, 15) is 19.2 Å². The van der Waals surface area contributed by atoms with Gasteiger partial charge in [0, 0.05) is 22.5 Å². The maximum Gasteiger partial charge on any atom is 0.314 e. The molecule has 0 fully saturated rings. The van der Waals surface area contributed by atoms with Gasteiger partial charge in [-0.3, -0.25) is 19.2 Å². The van der Waals surface area contributed by atoms with Gasteiger partial charge in [0.05, 0.1) is 0 Å². The molecule has 0 radical (unpaired) electrons. The Labute approximate surface area is 137 Å². The number of primary amides is 1. The van der Waals surface area contributed by atoms with Crippen molar-refractivity contribution in [3.8, 4) is 0 Å². The van der Waals surface area contributed by atoms with E-state index >= 15 is 0 Å². The number of amides is 3. The molecule has 0 aromatic heterocycles. The van der Waals surface area contributed by atoms with Crippen LogP contribution < -0.4 is 16.4 Å². The van der Waals surface area contributed by atoms with Crippen LogP contribution in [0.3, 0.4) is 0 Å². The number of rotatable bonds is 4. The summed E-state index contributed by atoms with van der Waals surface area (Å²) < 4.78 is 0. The van der Waals surface area contributed by atoms with Crippen LogP contribution in [0.25, 0.3) is 0 Å². The van der Waals surface area contributed by atoms with Gasteiger partial charge < -0.3 is 16.4 Å². The highest BCUT2D eigenvalue weighted by Crippen LogP contribution is 2.12. The van der Waals surface area contributed by atoms with Gasteiger partial charge in [0.1, 0.15) is 0 Å². The Hall–Kier alpha value is -3.48. The molecule has 2 aromatic carbocycles. The number of carbonyl (C=O) groups is 4. The van der Waals surface area contributed by atoms with Crippen molar-refractivity contribution >= 4 is 34.9 Å². The van der Waals surface area contributed by atoms with Crippen molar-refractivity contribution in [3.05, 3.63) is 59.7 Å². The fourth-order valence-electron chi connectivity index (χ4n) is 1.91. The number of Topliss-reactive ketones (excluding diaryl/α,β-unsaturated/α-hetero) is 1. The van der Waals surface area contributed by atoms with Crippen LogP contribution in [0.2, 0.25) is 0 Å². The van der Waals surface area contributed by atoms with E-state index in [-0.39, 0.29) is 5.78 Å². The summed E-state index contributed by atoms with van der Waals surface area (Å²) in [5.41, 5.74) is 6.52. The SMILES string of the molecule is CC(=O)c1cccc(NC(=O)C(=O)Nc2ccc(C(N)=O)cc2)c1. The van der Waals surface area contributed by atoms with Gasteiger partial charge in [-0.15, -0.1) is 0 Å². The zero-order valence-electron chi connectivity index (χ0n) is 12.8. The fraction of sp³-hybridized carbons (Fsp3) is 0.0588. The minimum atomic E-state index is -0.880. The van der Waals surface area contributed by atoms with E-state index in [4.69, 9.17) is 5.73 Å². The maximum atomic E-state index is 11.9. The molecular formula is C17H15N3O4. The Morgan fingerprint density at radius 1 is 0.792 bits per heavy atom. The Morgan fingerprint density at radius 3 is 1.92 bits per heavy atom. The van der Waals surface area contributed by atoms with Crippen LogP contribution in [-0.4, -0.2) is 23.5 Å². The summed E-state index contributed by atoms with van der Waals surface area (Å²) in [6.07, 6.45) is 0. The van der Waals surface area contributed by atoms with Crippen molar-refractivity contribution in [2.24, 2.45) is 5.73 Å². The second-order valence-electron chi connectivity index (χ2n) is 4.99. The van der Waals surface area contributed by atoms with Gasteiger partial charge in [0.15, 0.2) is 5.78 Å². The van der Waals surface area contributed by atoms with Crippen LogP contribution in [0, 0.1) is 0 Å². The maximum absolute atomic E-state index is 11.9. The molecule has 0 unspecified atom stereocenters. The molecule has 0 heterocycles. The van der Waals surface area contributed by atoms with E-state index in [1.165, 1.54) is 37.3 Å². The summed E-state index contributed by atoms with van der Waals surface area (Å²) in [5, 5.41) is 4.80. The molecule has 0 spiro atoms. The highest BCUT2D eigenvalue weighted by Gasteiger charge is 2.14. The molecule has 7 heteroatoms. The van der Waals surface area contributed by atoms with Crippen molar-refractivity contribution in [2.75, 3.05) is 10.6 Å². The lowest BCUT2D eigenvalue weighted by molar-refractivity contribution is -0.132. The van der Waals surface area contributed by atoms with Crippen molar-refractivity contribution in [2.45, 2.75) is 6.92 Å². The smallest absolute Gasteiger partial charge is 0.314 e. The first kappa shape index (κ1) is 16.9. The van der Waals surface area contributed by atoms with Crippen LogP contribution in [0.5, 0.6) is 0 Å². The predicted molar refractivity (Wildman–Crippen MR) is 88.7 cm³/mol. The number of hydrogen-bond acceptors (Lipinski definition) is 4. The highest BCUT2D eigenvalue weighted by molar-refractivity contribution is 6.43. The average Bonchev–Trinajstić information content (AvgIpc) is 2.55. The van der Waals surface area contributed by atoms with E-state index < -0.39 is 17.7 Å². The zero-order chi connectivity index (χ0) is 17.7. The molecule has 0 aliphatic rings. The normalized spacial score (nSPS) is 9.88. The third-order valence-electron chi connectivity index (χ3n) is 3.16. The molecule has 122 valence electrons. The highest BCUT2D eigenvalue weighted by atomic mass is 16.2. The minimum absolute atomic E-state index is 0.148. The number of carbonyl (C=O) groups excluding carboxylic acids is 4. The van der Waals surface area contributed by atoms with E-state index in [1.807, 2.05) is 0 Å². The third kappa shape index (κ3) is 4.26. The van der Waals surface area contributed by atoms with Gasteiger partial charge in [-0.1, -0.05) is 12.1 Å².